The van der Waals surface area contributed by atoms with Crippen molar-refractivity contribution in [2.75, 3.05) is 19.8 Å². The van der Waals surface area contributed by atoms with Gasteiger partial charge in [-0.05, 0) is 56.7 Å². The number of ether oxygens (including phenoxy) is 3. The normalized spacial score (nSPS) is 22.5. The maximum atomic E-state index is 12.6. The van der Waals surface area contributed by atoms with Gasteiger partial charge in [-0.2, -0.15) is 0 Å². The second kappa shape index (κ2) is 8.40. The molecule has 1 aliphatic heterocycles. The van der Waals surface area contributed by atoms with E-state index in [1.54, 1.807) is 18.2 Å². The number of carbonyl (C=O) groups excluding carboxylic acids is 1. The van der Waals surface area contributed by atoms with Crippen LogP contribution >= 0.6 is 0 Å². The first-order valence-corrected chi connectivity index (χ1v) is 9.10. The Hall–Kier alpha value is -2.28. The van der Waals surface area contributed by atoms with Crippen LogP contribution < -0.4 is 14.8 Å². The highest BCUT2D eigenvalue weighted by Gasteiger charge is 2.36. The zero-order chi connectivity index (χ0) is 18.5. The van der Waals surface area contributed by atoms with Crippen LogP contribution in [0, 0.1) is 5.92 Å². The quantitative estimate of drug-likeness (QED) is 0.736. The summed E-state index contributed by atoms with van der Waals surface area (Å²) in [5.74, 6) is 0.0935. The summed E-state index contributed by atoms with van der Waals surface area (Å²) < 4.78 is 16.5. The molecule has 0 radical (unpaired) electrons. The van der Waals surface area contributed by atoms with Crippen molar-refractivity contribution >= 4 is 11.9 Å². The molecule has 7 heteroatoms. The van der Waals surface area contributed by atoms with Crippen molar-refractivity contribution in [2.45, 2.75) is 44.8 Å². The zero-order valence-corrected chi connectivity index (χ0v) is 14.9. The Balaban J connectivity index is 1.64. The molecule has 2 unspecified atom stereocenters. The number of hydrogen-bond acceptors (Lipinski definition) is 5. The summed E-state index contributed by atoms with van der Waals surface area (Å²) in [5.41, 5.74) is 0.464. The molecule has 3 rings (SSSR count). The Bertz CT molecular complexity index is 657. The van der Waals surface area contributed by atoms with Gasteiger partial charge in [0.2, 0.25) is 0 Å². The summed E-state index contributed by atoms with van der Waals surface area (Å²) in [6, 6.07) is 4.89. The lowest BCUT2D eigenvalue weighted by atomic mass is 9.99. The van der Waals surface area contributed by atoms with E-state index in [1.807, 2.05) is 6.92 Å². The van der Waals surface area contributed by atoms with Crippen LogP contribution in [0.5, 0.6) is 11.5 Å². The van der Waals surface area contributed by atoms with Crippen molar-refractivity contribution in [2.24, 2.45) is 5.92 Å². The van der Waals surface area contributed by atoms with Gasteiger partial charge in [0.05, 0.1) is 12.7 Å². The Morgan fingerprint density at radius 1 is 1.23 bits per heavy atom. The summed E-state index contributed by atoms with van der Waals surface area (Å²) in [4.78, 5) is 23.3. The number of amides is 1. The van der Waals surface area contributed by atoms with E-state index in [0.717, 1.165) is 12.8 Å². The van der Waals surface area contributed by atoms with Gasteiger partial charge in [0, 0.05) is 18.2 Å². The standard InChI is InChI=1S/C19H25NO6/c1-2-24-17-9-13(5-6-15(17)26-11-18(21)22)19(23)20-14-7-8-25-16(10-14)12-3-4-12/h5-6,9,12,14,16H,2-4,7-8,10-11H2,1H3,(H,20,23)(H,21,22). The van der Waals surface area contributed by atoms with Crippen LogP contribution in [0.4, 0.5) is 0 Å². The smallest absolute Gasteiger partial charge is 0.341 e. The highest BCUT2D eigenvalue weighted by atomic mass is 16.5. The maximum Gasteiger partial charge on any atom is 0.341 e. The van der Waals surface area contributed by atoms with E-state index in [-0.39, 0.29) is 18.1 Å². The number of rotatable bonds is 8. The molecule has 1 aliphatic carbocycles. The first kappa shape index (κ1) is 18.5. The number of carboxylic acid groups (broad SMARTS) is 1. The molecule has 2 aliphatic rings. The van der Waals surface area contributed by atoms with Crippen molar-refractivity contribution in [3.05, 3.63) is 23.8 Å². The third kappa shape index (κ3) is 4.88. The van der Waals surface area contributed by atoms with Gasteiger partial charge in [0.1, 0.15) is 0 Å². The van der Waals surface area contributed by atoms with Crippen molar-refractivity contribution in [1.82, 2.24) is 5.32 Å². The SMILES string of the molecule is CCOc1cc(C(=O)NC2CCOC(C3CC3)C2)ccc1OCC(=O)O. The minimum absolute atomic E-state index is 0.111. The van der Waals surface area contributed by atoms with E-state index in [2.05, 4.69) is 5.32 Å². The zero-order valence-electron chi connectivity index (χ0n) is 14.9. The van der Waals surface area contributed by atoms with Crippen LogP contribution in [0.25, 0.3) is 0 Å². The second-order valence-corrected chi connectivity index (χ2v) is 6.72. The summed E-state index contributed by atoms with van der Waals surface area (Å²) in [6.45, 7) is 2.42. The number of benzene rings is 1. The second-order valence-electron chi connectivity index (χ2n) is 6.72. The summed E-state index contributed by atoms with van der Waals surface area (Å²) >= 11 is 0. The van der Waals surface area contributed by atoms with Gasteiger partial charge in [-0.3, -0.25) is 4.79 Å². The number of nitrogens with one attached hydrogen (secondary N) is 1. The van der Waals surface area contributed by atoms with Crippen LogP contribution in [0.15, 0.2) is 18.2 Å². The summed E-state index contributed by atoms with van der Waals surface area (Å²) in [5, 5.41) is 11.8. The third-order valence-electron chi connectivity index (χ3n) is 4.65. The van der Waals surface area contributed by atoms with Gasteiger partial charge in [0.25, 0.3) is 5.91 Å². The number of hydrogen-bond donors (Lipinski definition) is 2. The van der Waals surface area contributed by atoms with Crippen LogP contribution in [0.2, 0.25) is 0 Å². The topological polar surface area (TPSA) is 94.1 Å². The molecule has 1 saturated heterocycles. The molecule has 1 saturated carbocycles. The minimum Gasteiger partial charge on any atom is -0.490 e. The van der Waals surface area contributed by atoms with Crippen LogP contribution in [-0.2, 0) is 9.53 Å². The molecule has 1 heterocycles. The van der Waals surface area contributed by atoms with Gasteiger partial charge in [-0.15, -0.1) is 0 Å². The molecular weight excluding hydrogens is 338 g/mol. The summed E-state index contributed by atoms with van der Waals surface area (Å²) in [6.07, 6.45) is 4.38. The lowest BCUT2D eigenvalue weighted by Gasteiger charge is -2.30. The predicted octanol–water partition coefficient (Wildman–Crippen LogP) is 2.24. The predicted molar refractivity (Wildman–Crippen MR) is 93.7 cm³/mol. The molecule has 0 aromatic heterocycles. The lowest BCUT2D eigenvalue weighted by Crippen LogP contribution is -2.42. The lowest BCUT2D eigenvalue weighted by molar-refractivity contribution is -0.139. The highest BCUT2D eigenvalue weighted by Crippen LogP contribution is 2.38. The molecule has 0 bridgehead atoms. The maximum absolute atomic E-state index is 12.6. The van der Waals surface area contributed by atoms with Gasteiger partial charge in [0.15, 0.2) is 18.1 Å². The van der Waals surface area contributed by atoms with E-state index in [4.69, 9.17) is 19.3 Å². The van der Waals surface area contributed by atoms with E-state index >= 15 is 0 Å². The number of carboxylic acids is 1. The molecule has 0 spiro atoms. The first-order valence-electron chi connectivity index (χ1n) is 9.10. The molecule has 26 heavy (non-hydrogen) atoms. The third-order valence-corrected chi connectivity index (χ3v) is 4.65. The molecule has 2 atom stereocenters. The Labute approximate surface area is 152 Å². The number of aliphatic carboxylic acids is 1. The average Bonchev–Trinajstić information content (AvgIpc) is 3.46. The molecule has 1 amide bonds. The molecule has 7 nitrogen and oxygen atoms in total. The molecule has 142 valence electrons. The molecule has 1 aromatic rings. The fraction of sp³-hybridized carbons (Fsp3) is 0.579. The van der Waals surface area contributed by atoms with Crippen molar-refractivity contribution in [1.29, 1.82) is 0 Å². The molecule has 1 aromatic carbocycles. The Kier molecular flexibility index (Phi) is 5.98. The highest BCUT2D eigenvalue weighted by molar-refractivity contribution is 5.95. The van der Waals surface area contributed by atoms with E-state index in [0.29, 0.717) is 36.2 Å². The average molecular weight is 363 g/mol. The summed E-state index contributed by atoms with van der Waals surface area (Å²) in [7, 11) is 0. The Morgan fingerprint density at radius 2 is 2.04 bits per heavy atom. The fourth-order valence-electron chi connectivity index (χ4n) is 3.20. The van der Waals surface area contributed by atoms with Crippen LogP contribution in [0.1, 0.15) is 43.0 Å². The number of carbonyl (C=O) groups is 2. The van der Waals surface area contributed by atoms with Gasteiger partial charge in [-0.25, -0.2) is 4.79 Å². The van der Waals surface area contributed by atoms with Crippen molar-refractivity contribution in [3.63, 3.8) is 0 Å². The fourth-order valence-corrected chi connectivity index (χ4v) is 3.20. The monoisotopic (exact) mass is 363 g/mol. The van der Waals surface area contributed by atoms with Gasteiger partial charge in [-0.1, -0.05) is 0 Å². The van der Waals surface area contributed by atoms with Crippen molar-refractivity contribution in [3.8, 4) is 11.5 Å². The van der Waals surface area contributed by atoms with Crippen LogP contribution in [-0.4, -0.2) is 48.9 Å². The van der Waals surface area contributed by atoms with Gasteiger partial charge < -0.3 is 24.6 Å². The van der Waals surface area contributed by atoms with E-state index < -0.39 is 12.6 Å². The molecule has 2 fully saturated rings. The van der Waals surface area contributed by atoms with Gasteiger partial charge >= 0.3 is 5.97 Å². The minimum atomic E-state index is -1.07. The first-order chi connectivity index (χ1) is 12.6. The van der Waals surface area contributed by atoms with E-state index in [1.165, 1.54) is 12.8 Å². The van der Waals surface area contributed by atoms with Crippen LogP contribution in [0.3, 0.4) is 0 Å². The molecular formula is C19H25NO6. The molecule has 2 N–H and O–H groups in total. The largest absolute Gasteiger partial charge is 0.490 e. The Morgan fingerprint density at radius 3 is 2.73 bits per heavy atom. The van der Waals surface area contributed by atoms with E-state index in [9.17, 15) is 9.59 Å². The van der Waals surface area contributed by atoms with Crippen molar-refractivity contribution < 1.29 is 28.9 Å².